The Morgan fingerprint density at radius 1 is 0.604 bits per heavy atom. The smallest absolute Gasteiger partial charge is 0.306 e. The number of esters is 2. The molecule has 0 rings (SSSR count). The molecule has 0 saturated carbocycles. The highest BCUT2D eigenvalue weighted by atomic mass is 31.2. The summed E-state index contributed by atoms with van der Waals surface area (Å²) in [6.45, 7) is 3.82. The number of carbonyl (C=O) groups is 2. The Labute approximate surface area is 322 Å². The summed E-state index contributed by atoms with van der Waals surface area (Å²) in [4.78, 5) is 37.3. The van der Waals surface area contributed by atoms with E-state index in [0.29, 0.717) is 23.9 Å². The van der Waals surface area contributed by atoms with E-state index in [2.05, 4.69) is 80.7 Å². The number of phosphoric ester groups is 1. The molecule has 2 unspecified atom stereocenters. The van der Waals surface area contributed by atoms with Crippen molar-refractivity contribution < 1.29 is 42.1 Å². The van der Waals surface area contributed by atoms with Crippen LogP contribution in [0.15, 0.2) is 97.2 Å². The van der Waals surface area contributed by atoms with Gasteiger partial charge in [-0.2, -0.15) is 0 Å². The highest BCUT2D eigenvalue weighted by Crippen LogP contribution is 2.38. The molecule has 0 spiro atoms. The van der Waals surface area contributed by atoms with Crippen LogP contribution >= 0.6 is 7.82 Å². The summed E-state index contributed by atoms with van der Waals surface area (Å²) in [7, 11) is 1.09. The molecule has 0 aromatic rings. The molecule has 0 radical (unpaired) electrons. The zero-order valence-electron chi connectivity index (χ0n) is 33.4. The minimum Gasteiger partial charge on any atom is -0.756 e. The van der Waals surface area contributed by atoms with E-state index < -0.39 is 32.5 Å². The van der Waals surface area contributed by atoms with Crippen molar-refractivity contribution >= 4 is 19.8 Å². The number of likely N-dealkylation sites (N-methyl/N-ethyl adjacent to an activating group) is 1. The van der Waals surface area contributed by atoms with Crippen molar-refractivity contribution in [1.82, 2.24) is 0 Å². The Hall–Kier alpha value is -3.07. The molecule has 9 nitrogen and oxygen atoms in total. The van der Waals surface area contributed by atoms with Crippen molar-refractivity contribution in [2.75, 3.05) is 47.5 Å². The topological polar surface area (TPSA) is 111 Å². The fourth-order valence-electron chi connectivity index (χ4n) is 4.41. The van der Waals surface area contributed by atoms with E-state index in [0.717, 1.165) is 70.6 Å². The number of unbranched alkanes of at least 4 members (excludes halogenated alkanes) is 5. The first-order valence-electron chi connectivity index (χ1n) is 19.5. The van der Waals surface area contributed by atoms with Crippen LogP contribution in [0, 0.1) is 0 Å². The maximum absolute atomic E-state index is 12.6. The van der Waals surface area contributed by atoms with Gasteiger partial charge in [0.25, 0.3) is 7.82 Å². The van der Waals surface area contributed by atoms with Gasteiger partial charge >= 0.3 is 11.9 Å². The number of ether oxygens (including phenoxy) is 2. The Morgan fingerprint density at radius 2 is 1.15 bits per heavy atom. The van der Waals surface area contributed by atoms with E-state index >= 15 is 0 Å². The van der Waals surface area contributed by atoms with Gasteiger partial charge in [-0.25, -0.2) is 0 Å². The van der Waals surface area contributed by atoms with Gasteiger partial charge in [0.15, 0.2) is 6.10 Å². The SMILES string of the molecule is CC/C=C/C=C/C=C/CCCCCCCC(=O)OC(COC(=O)CC/C=C/C/C=C/C/C=C/C/C=C/C/C=C/CC)COP(=O)([O-])OCC[N+](C)(C)C. The van der Waals surface area contributed by atoms with E-state index in [-0.39, 0.29) is 26.1 Å². The van der Waals surface area contributed by atoms with Crippen LogP contribution in [-0.4, -0.2) is 70.0 Å². The predicted molar refractivity (Wildman–Crippen MR) is 217 cm³/mol. The van der Waals surface area contributed by atoms with Gasteiger partial charge in [-0.3, -0.25) is 14.2 Å². The second kappa shape index (κ2) is 34.7. The van der Waals surface area contributed by atoms with E-state index in [1.807, 2.05) is 51.5 Å². The predicted octanol–water partition coefficient (Wildman–Crippen LogP) is 9.99. The molecular formula is C43H70NO8P. The molecule has 53 heavy (non-hydrogen) atoms. The third-order valence-corrected chi connectivity index (χ3v) is 8.39. The Kier molecular flexibility index (Phi) is 32.7. The van der Waals surface area contributed by atoms with Gasteiger partial charge < -0.3 is 27.9 Å². The molecule has 300 valence electrons. The highest BCUT2D eigenvalue weighted by molar-refractivity contribution is 7.45. The first-order valence-corrected chi connectivity index (χ1v) is 20.9. The van der Waals surface area contributed by atoms with E-state index in [1.54, 1.807) is 0 Å². The second-order valence-electron chi connectivity index (χ2n) is 13.6. The summed E-state index contributed by atoms with van der Waals surface area (Å²) in [5.74, 6) is -0.970. The average molecular weight is 760 g/mol. The maximum atomic E-state index is 12.6. The molecular weight excluding hydrogens is 689 g/mol. The minimum atomic E-state index is -4.65. The number of hydrogen-bond donors (Lipinski definition) is 0. The van der Waals surface area contributed by atoms with Gasteiger partial charge in [-0.05, 0) is 64.2 Å². The van der Waals surface area contributed by atoms with Crippen LogP contribution in [0.1, 0.15) is 110 Å². The molecule has 0 aromatic carbocycles. The highest BCUT2D eigenvalue weighted by Gasteiger charge is 2.21. The quantitative estimate of drug-likeness (QED) is 0.0162. The lowest BCUT2D eigenvalue weighted by atomic mass is 10.1. The molecule has 0 amide bonds. The zero-order chi connectivity index (χ0) is 39.3. The number of hydrogen-bond acceptors (Lipinski definition) is 8. The third-order valence-electron chi connectivity index (χ3n) is 7.42. The number of carbonyl (C=O) groups excluding carboxylic acids is 2. The largest absolute Gasteiger partial charge is 0.756 e. The Bertz CT molecular complexity index is 1220. The van der Waals surface area contributed by atoms with E-state index in [9.17, 15) is 19.0 Å². The molecule has 0 aliphatic carbocycles. The lowest BCUT2D eigenvalue weighted by molar-refractivity contribution is -0.870. The van der Waals surface area contributed by atoms with Crippen LogP contribution in [0.5, 0.6) is 0 Å². The molecule has 2 atom stereocenters. The summed E-state index contributed by atoms with van der Waals surface area (Å²) in [5, 5.41) is 0. The van der Waals surface area contributed by atoms with Crippen molar-refractivity contribution in [3.05, 3.63) is 97.2 Å². The first kappa shape index (κ1) is 49.9. The van der Waals surface area contributed by atoms with Crippen LogP contribution in [0.3, 0.4) is 0 Å². The summed E-state index contributed by atoms with van der Waals surface area (Å²) in [6.07, 6.45) is 44.6. The van der Waals surface area contributed by atoms with Crippen molar-refractivity contribution in [2.45, 2.75) is 116 Å². The molecule has 0 bridgehead atoms. The van der Waals surface area contributed by atoms with Crippen molar-refractivity contribution in [2.24, 2.45) is 0 Å². The zero-order valence-corrected chi connectivity index (χ0v) is 34.3. The van der Waals surface area contributed by atoms with Gasteiger partial charge in [-0.15, -0.1) is 0 Å². The number of phosphoric acid groups is 1. The maximum Gasteiger partial charge on any atom is 0.306 e. The molecule has 10 heteroatoms. The average Bonchev–Trinajstić information content (AvgIpc) is 3.10. The molecule has 0 aliphatic rings. The van der Waals surface area contributed by atoms with Gasteiger partial charge in [0.05, 0.1) is 27.7 Å². The van der Waals surface area contributed by atoms with Crippen molar-refractivity contribution in [3.63, 3.8) is 0 Å². The van der Waals surface area contributed by atoms with Crippen LogP contribution in [0.2, 0.25) is 0 Å². The van der Waals surface area contributed by atoms with Crippen molar-refractivity contribution in [3.8, 4) is 0 Å². The standard InChI is InChI=1S/C43H70NO8P/c1-6-8-10-12-14-16-18-20-21-22-24-25-27-29-31-33-35-42(45)49-39-41(40-51-53(47,48)50-38-37-44(3,4)5)52-43(46)36-34-32-30-28-26-23-19-17-15-13-11-9-7-2/h8-11,13-17,19-21,24-25,29,31,41H,6-7,12,18,22-23,26-28,30,32-40H2,1-5H3/b10-8+,11-9+,15-13+,16-14+,19-17+,21-20+,25-24+,31-29+. The molecule has 0 aliphatic heterocycles. The molecule has 0 fully saturated rings. The van der Waals surface area contributed by atoms with E-state index in [4.69, 9.17) is 18.5 Å². The normalized spacial score (nSPS) is 14.8. The van der Waals surface area contributed by atoms with E-state index in [1.165, 1.54) is 0 Å². The number of rotatable bonds is 33. The lowest BCUT2D eigenvalue weighted by Gasteiger charge is -2.28. The lowest BCUT2D eigenvalue weighted by Crippen LogP contribution is -2.37. The summed E-state index contributed by atoms with van der Waals surface area (Å²) >= 11 is 0. The van der Waals surface area contributed by atoms with Gasteiger partial charge in [0, 0.05) is 12.8 Å². The molecule has 0 heterocycles. The summed E-state index contributed by atoms with van der Waals surface area (Å²) in [6, 6.07) is 0. The second-order valence-corrected chi connectivity index (χ2v) is 15.0. The summed E-state index contributed by atoms with van der Waals surface area (Å²) < 4.78 is 33.6. The van der Waals surface area contributed by atoms with Gasteiger partial charge in [0.2, 0.25) is 0 Å². The molecule has 0 aromatic heterocycles. The first-order chi connectivity index (χ1) is 25.5. The Morgan fingerprint density at radius 3 is 1.75 bits per heavy atom. The fraction of sp³-hybridized carbons (Fsp3) is 0.581. The monoisotopic (exact) mass is 759 g/mol. The molecule has 0 N–H and O–H groups in total. The minimum absolute atomic E-state index is 0.0521. The van der Waals surface area contributed by atoms with Crippen LogP contribution in [0.4, 0.5) is 0 Å². The van der Waals surface area contributed by atoms with Crippen LogP contribution in [0.25, 0.3) is 0 Å². The third kappa shape index (κ3) is 38.5. The number of allylic oxidation sites excluding steroid dienone is 16. The van der Waals surface area contributed by atoms with Gasteiger partial charge in [0.1, 0.15) is 19.8 Å². The van der Waals surface area contributed by atoms with Gasteiger partial charge in [-0.1, -0.05) is 130 Å². The fourth-order valence-corrected chi connectivity index (χ4v) is 5.14. The molecule has 0 saturated heterocycles. The van der Waals surface area contributed by atoms with Crippen molar-refractivity contribution in [1.29, 1.82) is 0 Å². The summed E-state index contributed by atoms with van der Waals surface area (Å²) in [5.41, 5.74) is 0. The number of quaternary nitrogens is 1. The Balaban J connectivity index is 4.60. The number of nitrogens with zero attached hydrogens (tertiary/aromatic N) is 1. The van der Waals surface area contributed by atoms with Crippen LogP contribution < -0.4 is 4.89 Å². The van der Waals surface area contributed by atoms with Crippen LogP contribution in [-0.2, 0) is 32.7 Å².